The van der Waals surface area contributed by atoms with E-state index in [1.807, 2.05) is 66.8 Å². The second-order valence-corrected chi connectivity index (χ2v) is 27.0. The Kier molecular flexibility index (Phi) is 40.0. The maximum Gasteiger partial charge on any atom is 0.124 e. The molecular weight excluding hydrogens is 1020 g/mol. The van der Waals surface area contributed by atoms with Crippen molar-refractivity contribution >= 4 is 22.2 Å². The molecule has 2 aliphatic carbocycles. The molecule has 8 nitrogen and oxygen atoms in total. The van der Waals surface area contributed by atoms with Gasteiger partial charge in [-0.3, -0.25) is 9.97 Å². The van der Waals surface area contributed by atoms with Crippen molar-refractivity contribution in [2.45, 2.75) is 269 Å². The van der Waals surface area contributed by atoms with Crippen molar-refractivity contribution < 1.29 is 4.52 Å². The van der Waals surface area contributed by atoms with Crippen LogP contribution in [0.1, 0.15) is 284 Å². The van der Waals surface area contributed by atoms with Crippen LogP contribution in [0.2, 0.25) is 0 Å². The molecule has 2 saturated carbocycles. The molecule has 0 spiro atoms. The number of benzene rings is 1. The standard InChI is InChI=1S/C12H13N.2C9H18.C8H11N.2C8H17N.C7H11N.C6H9NO.C6H9NS/c1-9(2)11-7-3-5-10-6-4-8-13-12(10)11;2*1-8(2)9-6-4-3-5-7-9;1-7(2)8-3-5-9-6-4-8;2*1-8(2)9-6-4-3-5-7-9;1-6(2)7-3-4-8-5-7;1-5(2)6-3-4-8-7-6;1-5(2)6-7-3-4-8-6/h3-9H,1-2H3;2*8-9H,3-7H2,1-2H3;3-7H,1-2H3;2*8H,3-7H2,1-2H3;3-6,8H,1-2H3;2*3-5H,1-2H3. The first-order valence-electron chi connectivity index (χ1n) is 32.9. The number of fused-ring (bicyclic) bond motifs is 1. The number of aromatic nitrogens is 5. The number of H-pyrrole nitrogens is 1. The molecule has 4 fully saturated rings. The Balaban J connectivity index is 0.000000316. The molecule has 0 bridgehead atoms. The molecule has 4 aliphatic rings. The van der Waals surface area contributed by atoms with Gasteiger partial charge in [0.25, 0.3) is 0 Å². The molecular formula is C73H123N7OS. The van der Waals surface area contributed by atoms with Gasteiger partial charge in [-0.25, -0.2) is 4.98 Å². The maximum atomic E-state index is 4.63. The number of nitrogens with zero attached hydrogens (tertiary/aromatic N) is 6. The third-order valence-electron chi connectivity index (χ3n) is 16.4. The summed E-state index contributed by atoms with van der Waals surface area (Å²) in [6, 6.07) is 20.1. The van der Waals surface area contributed by atoms with E-state index in [-0.39, 0.29) is 0 Å². The zero-order valence-electron chi connectivity index (χ0n) is 55.8. The summed E-state index contributed by atoms with van der Waals surface area (Å²) in [5.41, 5.74) is 6.22. The fourth-order valence-electron chi connectivity index (χ4n) is 10.5. The summed E-state index contributed by atoms with van der Waals surface area (Å²) >= 11 is 1.72. The molecule has 2 saturated heterocycles. The lowest BCUT2D eigenvalue weighted by Gasteiger charge is -2.29. The van der Waals surface area contributed by atoms with Crippen LogP contribution >= 0.6 is 11.3 Å². The number of aromatic amines is 1. The molecule has 462 valence electrons. The summed E-state index contributed by atoms with van der Waals surface area (Å²) in [7, 11) is 0. The summed E-state index contributed by atoms with van der Waals surface area (Å²) in [5, 5.41) is 8.21. The average molecular weight is 1150 g/mol. The van der Waals surface area contributed by atoms with E-state index in [1.165, 1.54) is 156 Å². The Hall–Kier alpha value is -4.18. The van der Waals surface area contributed by atoms with Crippen molar-refractivity contribution in [1.82, 2.24) is 34.9 Å². The number of thiazole rings is 1. The van der Waals surface area contributed by atoms with Gasteiger partial charge in [-0.15, -0.1) is 11.3 Å². The van der Waals surface area contributed by atoms with E-state index in [9.17, 15) is 0 Å². The van der Waals surface area contributed by atoms with Crippen molar-refractivity contribution in [2.24, 2.45) is 23.7 Å². The predicted molar refractivity (Wildman–Crippen MR) is 360 cm³/mol. The van der Waals surface area contributed by atoms with Crippen molar-refractivity contribution in [3.05, 3.63) is 131 Å². The number of likely N-dealkylation sites (tertiary alicyclic amines) is 2. The minimum atomic E-state index is 0.480. The van der Waals surface area contributed by atoms with Gasteiger partial charge in [-0.1, -0.05) is 203 Å². The topological polar surface area (TPSA) is 87.0 Å². The molecule has 9 heteroatoms. The number of hydrogen-bond donors (Lipinski definition) is 1. The van der Waals surface area contributed by atoms with E-state index in [4.69, 9.17) is 0 Å². The van der Waals surface area contributed by atoms with Crippen molar-refractivity contribution in [1.29, 1.82) is 0 Å². The predicted octanol–water partition coefficient (Wildman–Crippen LogP) is 22.0. The lowest BCUT2D eigenvalue weighted by Crippen LogP contribution is -2.35. The van der Waals surface area contributed by atoms with Gasteiger partial charge in [0.2, 0.25) is 0 Å². The van der Waals surface area contributed by atoms with Crippen LogP contribution in [0.25, 0.3) is 10.9 Å². The quantitative estimate of drug-likeness (QED) is 0.154. The number of rotatable bonds is 9. The van der Waals surface area contributed by atoms with Gasteiger partial charge in [0, 0.05) is 72.0 Å². The smallest absolute Gasteiger partial charge is 0.124 e. The molecule has 6 aromatic rings. The Labute approximate surface area is 508 Å². The fourth-order valence-corrected chi connectivity index (χ4v) is 11.2. The first-order chi connectivity index (χ1) is 39.2. The average Bonchev–Trinajstić information content (AvgIpc) is 4.36. The van der Waals surface area contributed by atoms with Gasteiger partial charge in [0.15, 0.2) is 0 Å². The Morgan fingerprint density at radius 2 is 0.976 bits per heavy atom. The summed E-state index contributed by atoms with van der Waals surface area (Å²) in [4.78, 5) is 20.6. The highest BCUT2D eigenvalue weighted by Gasteiger charge is 2.17. The second kappa shape index (κ2) is 44.3. The molecule has 0 unspecified atom stereocenters. The third kappa shape index (κ3) is 32.8. The summed E-state index contributed by atoms with van der Waals surface area (Å²) < 4.78 is 4.63. The molecule has 10 rings (SSSR count). The molecule has 7 heterocycles. The van der Waals surface area contributed by atoms with Gasteiger partial charge in [-0.05, 0) is 168 Å². The zero-order chi connectivity index (χ0) is 60.7. The second-order valence-electron chi connectivity index (χ2n) is 26.1. The first kappa shape index (κ1) is 73.9. The lowest BCUT2D eigenvalue weighted by molar-refractivity contribution is 0.185. The minimum absolute atomic E-state index is 0.480. The van der Waals surface area contributed by atoms with E-state index >= 15 is 0 Å². The maximum absolute atomic E-state index is 4.63. The SMILES string of the molecule is CC(C)C1CCCCC1.CC(C)C1CCCCC1.CC(C)N1CCCCC1.CC(C)N1CCCCC1.CC(C)c1cc[nH]c1.CC(C)c1cccc2cccnc12.CC(C)c1ccncc1.CC(C)c1ccon1.CC(C)c1nccs1. The molecule has 0 radical (unpaired) electrons. The van der Waals surface area contributed by atoms with Gasteiger partial charge in [-0.2, -0.15) is 0 Å². The van der Waals surface area contributed by atoms with Gasteiger partial charge >= 0.3 is 0 Å². The van der Waals surface area contributed by atoms with Crippen LogP contribution in [0.15, 0.2) is 108 Å². The van der Waals surface area contributed by atoms with Crippen LogP contribution in [0.3, 0.4) is 0 Å². The summed E-state index contributed by atoms with van der Waals surface area (Å²) in [6.45, 7) is 45.5. The Bertz CT molecular complexity index is 2110. The fraction of sp³-hybridized carbons (Fsp3) is 0.671. The van der Waals surface area contributed by atoms with Crippen molar-refractivity contribution in [2.75, 3.05) is 26.2 Å². The Morgan fingerprint density at radius 1 is 0.476 bits per heavy atom. The molecule has 1 aromatic carbocycles. The molecule has 5 aromatic heterocycles. The zero-order valence-corrected chi connectivity index (χ0v) is 56.6. The van der Waals surface area contributed by atoms with Gasteiger partial charge in [0.05, 0.1) is 16.2 Å². The molecule has 82 heavy (non-hydrogen) atoms. The number of piperidine rings is 2. The summed E-state index contributed by atoms with van der Waals surface area (Å²) in [6.07, 6.45) is 36.4. The molecule has 2 aliphatic heterocycles. The van der Waals surface area contributed by atoms with Crippen LogP contribution in [0.5, 0.6) is 0 Å². The largest absolute Gasteiger partial charge is 0.367 e. The summed E-state index contributed by atoms with van der Waals surface area (Å²) in [5.74, 6) is 6.87. The van der Waals surface area contributed by atoms with E-state index in [1.54, 1.807) is 17.6 Å². The number of pyridine rings is 2. The molecule has 1 N–H and O–H groups in total. The Morgan fingerprint density at radius 3 is 1.28 bits per heavy atom. The monoisotopic (exact) mass is 1150 g/mol. The van der Waals surface area contributed by atoms with Crippen LogP contribution in [-0.2, 0) is 0 Å². The lowest BCUT2D eigenvalue weighted by atomic mass is 9.82. The molecule has 0 amide bonds. The van der Waals surface area contributed by atoms with Crippen molar-refractivity contribution in [3.8, 4) is 0 Å². The minimum Gasteiger partial charge on any atom is -0.367 e. The molecule has 0 atom stereocenters. The van der Waals surface area contributed by atoms with Crippen LogP contribution < -0.4 is 0 Å². The van der Waals surface area contributed by atoms with E-state index in [0.717, 1.165) is 47.0 Å². The highest BCUT2D eigenvalue weighted by atomic mass is 32.1. The van der Waals surface area contributed by atoms with Crippen LogP contribution in [-0.4, -0.2) is 73.2 Å². The first-order valence-corrected chi connectivity index (χ1v) is 33.7. The third-order valence-corrected chi connectivity index (χ3v) is 17.4. The number of hydrogen-bond acceptors (Lipinski definition) is 8. The van der Waals surface area contributed by atoms with Crippen LogP contribution in [0.4, 0.5) is 0 Å². The van der Waals surface area contributed by atoms with Crippen molar-refractivity contribution in [3.63, 3.8) is 0 Å². The number of para-hydroxylation sites is 1. The highest BCUT2D eigenvalue weighted by Crippen LogP contribution is 2.30. The van der Waals surface area contributed by atoms with Gasteiger partial charge in [0.1, 0.15) is 6.26 Å². The van der Waals surface area contributed by atoms with E-state index in [2.05, 4.69) is 194 Å². The van der Waals surface area contributed by atoms with Gasteiger partial charge < -0.3 is 19.3 Å². The highest BCUT2D eigenvalue weighted by molar-refractivity contribution is 7.09. The number of nitrogens with one attached hydrogen (secondary N) is 1. The van der Waals surface area contributed by atoms with E-state index < -0.39 is 0 Å². The van der Waals surface area contributed by atoms with Crippen LogP contribution in [0, 0.1) is 23.7 Å². The van der Waals surface area contributed by atoms with E-state index in [0.29, 0.717) is 29.6 Å². The normalized spacial score (nSPS) is 16.0.